The fraction of sp³-hybridized carbons (Fsp3) is 0.455. The Bertz CT molecular complexity index is 1060. The fourth-order valence-electron chi connectivity index (χ4n) is 3.03. The van der Waals surface area contributed by atoms with Gasteiger partial charge in [0, 0.05) is 13.1 Å². The molecule has 9 heteroatoms. The first kappa shape index (κ1) is 23.7. The van der Waals surface area contributed by atoms with E-state index in [1.54, 1.807) is 24.3 Å². The van der Waals surface area contributed by atoms with Gasteiger partial charge in [-0.3, -0.25) is 19.1 Å². The van der Waals surface area contributed by atoms with Crippen LogP contribution >= 0.6 is 0 Å². The highest BCUT2D eigenvalue weighted by molar-refractivity contribution is 5.96. The summed E-state index contributed by atoms with van der Waals surface area (Å²) < 4.78 is 6.84. The van der Waals surface area contributed by atoms with Crippen molar-refractivity contribution in [2.45, 2.75) is 46.6 Å². The van der Waals surface area contributed by atoms with Crippen LogP contribution in [0.4, 0.5) is 11.5 Å². The molecule has 0 atom stereocenters. The van der Waals surface area contributed by atoms with Crippen molar-refractivity contribution in [2.75, 3.05) is 23.8 Å². The molecule has 0 saturated carbocycles. The van der Waals surface area contributed by atoms with Crippen LogP contribution in [0.25, 0.3) is 0 Å². The van der Waals surface area contributed by atoms with E-state index in [9.17, 15) is 19.6 Å². The van der Waals surface area contributed by atoms with Gasteiger partial charge in [0.15, 0.2) is 12.3 Å². The SMILES string of the molecule is CCCCn1c(N)c(N(CCC(C)C)C(=O)COc2ccccc2C#N)c(=O)[nH]c1=O. The smallest absolute Gasteiger partial charge is 0.330 e. The van der Waals surface area contributed by atoms with Crippen molar-refractivity contribution in [3.63, 3.8) is 0 Å². The maximum atomic E-state index is 13.1. The highest BCUT2D eigenvalue weighted by Gasteiger charge is 2.25. The van der Waals surface area contributed by atoms with Crippen LogP contribution in [0.3, 0.4) is 0 Å². The molecule has 1 aromatic carbocycles. The van der Waals surface area contributed by atoms with Crippen LogP contribution in [0, 0.1) is 17.2 Å². The average Bonchev–Trinajstić information content (AvgIpc) is 2.74. The number of nitrogens with one attached hydrogen (secondary N) is 1. The summed E-state index contributed by atoms with van der Waals surface area (Å²) in [5.74, 6) is 0.00167. The lowest BCUT2D eigenvalue weighted by Gasteiger charge is -2.25. The number of ether oxygens (including phenoxy) is 1. The molecule has 0 radical (unpaired) electrons. The Morgan fingerprint density at radius 1 is 1.32 bits per heavy atom. The Labute approximate surface area is 181 Å². The number of carbonyl (C=O) groups is 1. The van der Waals surface area contributed by atoms with Crippen molar-refractivity contribution in [3.05, 3.63) is 50.7 Å². The normalized spacial score (nSPS) is 10.7. The van der Waals surface area contributed by atoms with E-state index in [2.05, 4.69) is 4.98 Å². The Morgan fingerprint density at radius 3 is 2.68 bits per heavy atom. The minimum Gasteiger partial charge on any atom is -0.482 e. The standard InChI is InChI=1S/C22H29N5O4/c1-4-5-11-27-20(24)19(21(29)25-22(27)30)26(12-10-15(2)3)18(28)14-31-17-9-7-6-8-16(17)13-23/h6-9,15H,4-5,10-12,14,24H2,1-3H3,(H,25,29,30). The van der Waals surface area contributed by atoms with E-state index < -0.39 is 17.2 Å². The third-order valence-corrected chi connectivity index (χ3v) is 4.81. The first-order valence-corrected chi connectivity index (χ1v) is 10.3. The monoisotopic (exact) mass is 427 g/mol. The van der Waals surface area contributed by atoms with E-state index in [1.807, 2.05) is 26.8 Å². The predicted molar refractivity (Wildman–Crippen MR) is 119 cm³/mol. The van der Waals surface area contributed by atoms with Crippen LogP contribution in [0.2, 0.25) is 0 Å². The number of hydrogen-bond acceptors (Lipinski definition) is 6. The van der Waals surface area contributed by atoms with Gasteiger partial charge < -0.3 is 15.4 Å². The summed E-state index contributed by atoms with van der Waals surface area (Å²) in [6.07, 6.45) is 2.15. The second-order valence-corrected chi connectivity index (χ2v) is 7.62. The summed E-state index contributed by atoms with van der Waals surface area (Å²) >= 11 is 0. The van der Waals surface area contributed by atoms with Gasteiger partial charge in [0.2, 0.25) is 0 Å². The molecular weight excluding hydrogens is 398 g/mol. The van der Waals surface area contributed by atoms with Crippen LogP contribution in [-0.4, -0.2) is 28.6 Å². The lowest BCUT2D eigenvalue weighted by atomic mass is 10.1. The highest BCUT2D eigenvalue weighted by atomic mass is 16.5. The molecule has 0 bridgehead atoms. The number of para-hydroxylation sites is 1. The first-order valence-electron chi connectivity index (χ1n) is 10.3. The Morgan fingerprint density at radius 2 is 2.03 bits per heavy atom. The third-order valence-electron chi connectivity index (χ3n) is 4.81. The molecule has 2 rings (SSSR count). The molecule has 9 nitrogen and oxygen atoms in total. The number of benzene rings is 1. The maximum absolute atomic E-state index is 13.1. The van der Waals surface area contributed by atoms with E-state index >= 15 is 0 Å². The van der Waals surface area contributed by atoms with E-state index in [1.165, 1.54) is 9.47 Å². The molecule has 3 N–H and O–H groups in total. The molecule has 1 heterocycles. The van der Waals surface area contributed by atoms with Gasteiger partial charge in [-0.15, -0.1) is 0 Å². The second kappa shape index (κ2) is 11.0. The van der Waals surface area contributed by atoms with Gasteiger partial charge in [-0.1, -0.05) is 39.3 Å². The van der Waals surface area contributed by atoms with Crippen LogP contribution in [0.5, 0.6) is 5.75 Å². The molecule has 0 aliphatic rings. The van der Waals surface area contributed by atoms with Crippen molar-refractivity contribution in [1.29, 1.82) is 5.26 Å². The topological polar surface area (TPSA) is 134 Å². The van der Waals surface area contributed by atoms with Gasteiger partial charge in [0.25, 0.3) is 11.5 Å². The average molecular weight is 428 g/mol. The Hall–Kier alpha value is -3.54. The minimum atomic E-state index is -0.718. The summed E-state index contributed by atoms with van der Waals surface area (Å²) in [4.78, 5) is 41.5. The summed E-state index contributed by atoms with van der Waals surface area (Å²) in [6, 6.07) is 8.58. The van der Waals surface area contributed by atoms with Crippen LogP contribution in [0.1, 0.15) is 45.6 Å². The summed E-state index contributed by atoms with van der Waals surface area (Å²) in [6.45, 7) is 6.16. The molecule has 0 unspecified atom stereocenters. The molecular formula is C22H29N5O4. The molecule has 0 fully saturated rings. The summed E-state index contributed by atoms with van der Waals surface area (Å²) in [5.41, 5.74) is 5.11. The first-order chi connectivity index (χ1) is 14.8. The number of amides is 1. The number of aromatic nitrogens is 2. The maximum Gasteiger partial charge on any atom is 0.330 e. The minimum absolute atomic E-state index is 0.0447. The van der Waals surface area contributed by atoms with E-state index in [0.29, 0.717) is 24.9 Å². The molecule has 0 spiro atoms. The van der Waals surface area contributed by atoms with Gasteiger partial charge >= 0.3 is 5.69 Å². The number of carbonyl (C=O) groups excluding carboxylic acids is 1. The number of unbranched alkanes of at least 4 members (excludes halogenated alkanes) is 1. The van der Waals surface area contributed by atoms with Crippen molar-refractivity contribution < 1.29 is 9.53 Å². The third kappa shape index (κ3) is 5.98. The van der Waals surface area contributed by atoms with Crippen molar-refractivity contribution in [3.8, 4) is 11.8 Å². The molecule has 2 aromatic rings. The number of nitriles is 1. The number of nitrogen functional groups attached to an aromatic ring is 1. The van der Waals surface area contributed by atoms with Crippen molar-refractivity contribution in [1.82, 2.24) is 9.55 Å². The molecule has 31 heavy (non-hydrogen) atoms. The summed E-state index contributed by atoms with van der Waals surface area (Å²) in [7, 11) is 0. The zero-order valence-electron chi connectivity index (χ0n) is 18.2. The molecule has 1 amide bonds. The van der Waals surface area contributed by atoms with Crippen molar-refractivity contribution in [2.24, 2.45) is 5.92 Å². The number of hydrogen-bond donors (Lipinski definition) is 2. The number of aromatic amines is 1. The number of anilines is 2. The van der Waals surface area contributed by atoms with E-state index in [-0.39, 0.29) is 36.3 Å². The zero-order chi connectivity index (χ0) is 23.0. The highest BCUT2D eigenvalue weighted by Crippen LogP contribution is 2.21. The van der Waals surface area contributed by atoms with Crippen LogP contribution in [-0.2, 0) is 11.3 Å². The largest absolute Gasteiger partial charge is 0.482 e. The van der Waals surface area contributed by atoms with Gasteiger partial charge in [0.05, 0.1) is 5.56 Å². The van der Waals surface area contributed by atoms with Gasteiger partial charge in [-0.2, -0.15) is 5.26 Å². The molecule has 1 aromatic heterocycles. The Balaban J connectivity index is 2.40. The number of H-pyrrole nitrogens is 1. The lowest BCUT2D eigenvalue weighted by Crippen LogP contribution is -2.43. The predicted octanol–water partition coefficient (Wildman–Crippen LogP) is 2.25. The van der Waals surface area contributed by atoms with E-state index in [4.69, 9.17) is 10.5 Å². The number of nitrogens with zero attached hydrogens (tertiary/aromatic N) is 3. The molecule has 166 valence electrons. The van der Waals surface area contributed by atoms with Crippen LogP contribution in [0.15, 0.2) is 33.9 Å². The van der Waals surface area contributed by atoms with Crippen molar-refractivity contribution >= 4 is 17.4 Å². The molecule has 0 saturated heterocycles. The quantitative estimate of drug-likeness (QED) is 0.597. The number of nitrogens with two attached hydrogens (primary N) is 1. The van der Waals surface area contributed by atoms with E-state index in [0.717, 1.165) is 6.42 Å². The molecule has 0 aliphatic heterocycles. The van der Waals surface area contributed by atoms with Gasteiger partial charge in [-0.25, -0.2) is 4.79 Å². The fourth-order valence-corrected chi connectivity index (χ4v) is 3.03. The molecule has 0 aliphatic carbocycles. The number of rotatable bonds is 10. The Kier molecular flexibility index (Phi) is 8.43. The second-order valence-electron chi connectivity index (χ2n) is 7.62. The summed E-state index contributed by atoms with van der Waals surface area (Å²) in [5, 5.41) is 9.20. The zero-order valence-corrected chi connectivity index (χ0v) is 18.2. The lowest BCUT2D eigenvalue weighted by molar-refractivity contribution is -0.120. The van der Waals surface area contributed by atoms with Gasteiger partial charge in [-0.05, 0) is 30.9 Å². The van der Waals surface area contributed by atoms with Crippen LogP contribution < -0.4 is 26.6 Å². The van der Waals surface area contributed by atoms with Gasteiger partial charge in [0.1, 0.15) is 17.6 Å².